The maximum Gasteiger partial charge on any atom is 0.0166 e. The van der Waals surface area contributed by atoms with E-state index in [0.29, 0.717) is 11.6 Å². The average molecular weight is 184 g/mol. The first-order valence-corrected chi connectivity index (χ1v) is 5.54. The van der Waals surface area contributed by atoms with Gasteiger partial charge < -0.3 is 10.6 Å². The van der Waals surface area contributed by atoms with E-state index in [1.54, 1.807) is 0 Å². The van der Waals surface area contributed by atoms with E-state index in [1.165, 1.54) is 19.3 Å². The van der Waals surface area contributed by atoms with Gasteiger partial charge in [-0.25, -0.2) is 0 Å². The lowest BCUT2D eigenvalue weighted by molar-refractivity contribution is 0.351. The van der Waals surface area contributed by atoms with Crippen LogP contribution in [0.5, 0.6) is 0 Å². The average Bonchev–Trinajstić information content (AvgIpc) is 2.85. The van der Waals surface area contributed by atoms with Gasteiger partial charge in [-0.15, -0.1) is 0 Å². The molecule has 0 aromatic rings. The molecule has 0 aromatic heterocycles. The van der Waals surface area contributed by atoms with Crippen molar-refractivity contribution in [1.29, 1.82) is 0 Å². The quantitative estimate of drug-likeness (QED) is 0.659. The standard InChI is InChI=1S/C11H24N2/c1-5-11(3,4)12-8-9(2)13-10-6-7-10/h9-10,12-13H,5-8H2,1-4H3. The van der Waals surface area contributed by atoms with Crippen LogP contribution in [0.1, 0.15) is 47.0 Å². The van der Waals surface area contributed by atoms with Crippen molar-refractivity contribution < 1.29 is 0 Å². The molecule has 0 aliphatic heterocycles. The summed E-state index contributed by atoms with van der Waals surface area (Å²) in [7, 11) is 0. The molecule has 1 aliphatic carbocycles. The molecule has 0 amide bonds. The summed E-state index contributed by atoms with van der Waals surface area (Å²) in [5.41, 5.74) is 0.291. The van der Waals surface area contributed by atoms with Crippen molar-refractivity contribution in [3.8, 4) is 0 Å². The van der Waals surface area contributed by atoms with Crippen LogP contribution in [0.4, 0.5) is 0 Å². The molecule has 78 valence electrons. The summed E-state index contributed by atoms with van der Waals surface area (Å²) in [5, 5.41) is 7.17. The van der Waals surface area contributed by atoms with E-state index in [0.717, 1.165) is 12.6 Å². The van der Waals surface area contributed by atoms with Gasteiger partial charge in [0.2, 0.25) is 0 Å². The SMILES string of the molecule is CCC(C)(C)NCC(C)NC1CC1. The first-order chi connectivity index (χ1) is 6.03. The van der Waals surface area contributed by atoms with Crippen LogP contribution in [-0.2, 0) is 0 Å². The molecule has 0 bridgehead atoms. The zero-order valence-corrected chi connectivity index (χ0v) is 9.48. The van der Waals surface area contributed by atoms with Crippen LogP contribution in [-0.4, -0.2) is 24.2 Å². The van der Waals surface area contributed by atoms with Crippen molar-refractivity contribution in [2.75, 3.05) is 6.54 Å². The number of hydrogen-bond acceptors (Lipinski definition) is 2. The second kappa shape index (κ2) is 4.43. The maximum atomic E-state index is 3.59. The second-order valence-electron chi connectivity index (χ2n) is 4.96. The van der Waals surface area contributed by atoms with Crippen LogP contribution in [0.15, 0.2) is 0 Å². The normalized spacial score (nSPS) is 20.3. The molecular formula is C11H24N2. The number of hydrogen-bond donors (Lipinski definition) is 2. The molecule has 0 heterocycles. The van der Waals surface area contributed by atoms with Crippen molar-refractivity contribution in [2.24, 2.45) is 0 Å². The molecule has 1 fully saturated rings. The zero-order valence-electron chi connectivity index (χ0n) is 9.48. The number of nitrogens with one attached hydrogen (secondary N) is 2. The predicted octanol–water partition coefficient (Wildman–Crippen LogP) is 1.91. The molecule has 1 saturated carbocycles. The van der Waals surface area contributed by atoms with Gasteiger partial charge in [0, 0.05) is 24.2 Å². The largest absolute Gasteiger partial charge is 0.310 e. The van der Waals surface area contributed by atoms with Crippen molar-refractivity contribution >= 4 is 0 Å². The molecule has 1 unspecified atom stereocenters. The lowest BCUT2D eigenvalue weighted by atomic mass is 10.0. The molecule has 2 nitrogen and oxygen atoms in total. The van der Waals surface area contributed by atoms with E-state index >= 15 is 0 Å². The summed E-state index contributed by atoms with van der Waals surface area (Å²) < 4.78 is 0. The van der Waals surface area contributed by atoms with Gasteiger partial charge >= 0.3 is 0 Å². The monoisotopic (exact) mass is 184 g/mol. The fourth-order valence-electron chi connectivity index (χ4n) is 1.27. The van der Waals surface area contributed by atoms with Gasteiger partial charge in [-0.05, 0) is 40.0 Å². The van der Waals surface area contributed by atoms with Crippen LogP contribution in [0, 0.1) is 0 Å². The van der Waals surface area contributed by atoms with E-state index in [1.807, 2.05) is 0 Å². The summed E-state index contributed by atoms with van der Waals surface area (Å²) >= 11 is 0. The lowest BCUT2D eigenvalue weighted by Gasteiger charge is -2.27. The van der Waals surface area contributed by atoms with Gasteiger partial charge in [-0.3, -0.25) is 0 Å². The summed E-state index contributed by atoms with van der Waals surface area (Å²) in [6, 6.07) is 1.43. The molecule has 0 aromatic carbocycles. The summed E-state index contributed by atoms with van der Waals surface area (Å²) in [5.74, 6) is 0. The third-order valence-corrected chi connectivity index (χ3v) is 2.87. The van der Waals surface area contributed by atoms with Crippen LogP contribution in [0.3, 0.4) is 0 Å². The first kappa shape index (κ1) is 11.0. The Balaban J connectivity index is 2.09. The predicted molar refractivity (Wildman–Crippen MR) is 58.0 cm³/mol. The second-order valence-corrected chi connectivity index (χ2v) is 4.96. The summed E-state index contributed by atoms with van der Waals surface area (Å²) in [4.78, 5) is 0. The highest BCUT2D eigenvalue weighted by molar-refractivity contribution is 4.85. The number of rotatable bonds is 6. The molecule has 1 rings (SSSR count). The molecular weight excluding hydrogens is 160 g/mol. The van der Waals surface area contributed by atoms with Crippen LogP contribution in [0.2, 0.25) is 0 Å². The molecule has 0 radical (unpaired) electrons. The highest BCUT2D eigenvalue weighted by atomic mass is 15.0. The van der Waals surface area contributed by atoms with E-state index in [-0.39, 0.29) is 0 Å². The minimum Gasteiger partial charge on any atom is -0.310 e. The van der Waals surface area contributed by atoms with Crippen LogP contribution >= 0.6 is 0 Å². The molecule has 2 heteroatoms. The molecule has 0 spiro atoms. The Kier molecular flexibility index (Phi) is 3.74. The third-order valence-electron chi connectivity index (χ3n) is 2.87. The van der Waals surface area contributed by atoms with Crippen molar-refractivity contribution in [2.45, 2.75) is 64.6 Å². The Morgan fingerprint density at radius 1 is 1.38 bits per heavy atom. The van der Waals surface area contributed by atoms with E-state index in [2.05, 4.69) is 38.3 Å². The van der Waals surface area contributed by atoms with Gasteiger partial charge in [0.05, 0.1) is 0 Å². The van der Waals surface area contributed by atoms with Gasteiger partial charge in [0.1, 0.15) is 0 Å². The Bertz CT molecular complexity index is 150. The highest BCUT2D eigenvalue weighted by Crippen LogP contribution is 2.19. The summed E-state index contributed by atoms with van der Waals surface area (Å²) in [6.45, 7) is 10.1. The van der Waals surface area contributed by atoms with Gasteiger partial charge in [-0.2, -0.15) is 0 Å². The first-order valence-electron chi connectivity index (χ1n) is 5.54. The molecule has 1 aliphatic rings. The van der Waals surface area contributed by atoms with Gasteiger partial charge in [0.15, 0.2) is 0 Å². The molecule has 2 N–H and O–H groups in total. The minimum absolute atomic E-state index is 0.291. The fraction of sp³-hybridized carbons (Fsp3) is 1.00. The molecule has 1 atom stereocenters. The van der Waals surface area contributed by atoms with Crippen molar-refractivity contribution in [3.63, 3.8) is 0 Å². The zero-order chi connectivity index (χ0) is 9.90. The Morgan fingerprint density at radius 3 is 2.46 bits per heavy atom. The van der Waals surface area contributed by atoms with Crippen LogP contribution < -0.4 is 10.6 Å². The van der Waals surface area contributed by atoms with Crippen molar-refractivity contribution in [1.82, 2.24) is 10.6 Å². The van der Waals surface area contributed by atoms with Crippen LogP contribution in [0.25, 0.3) is 0 Å². The minimum atomic E-state index is 0.291. The Morgan fingerprint density at radius 2 is 2.00 bits per heavy atom. The Labute approximate surface area is 82.5 Å². The fourth-order valence-corrected chi connectivity index (χ4v) is 1.27. The third kappa shape index (κ3) is 4.63. The molecule has 13 heavy (non-hydrogen) atoms. The maximum absolute atomic E-state index is 3.59. The summed E-state index contributed by atoms with van der Waals surface area (Å²) in [6.07, 6.45) is 3.94. The van der Waals surface area contributed by atoms with Crippen molar-refractivity contribution in [3.05, 3.63) is 0 Å². The van der Waals surface area contributed by atoms with Gasteiger partial charge in [0.25, 0.3) is 0 Å². The highest BCUT2D eigenvalue weighted by Gasteiger charge is 2.23. The smallest absolute Gasteiger partial charge is 0.0166 e. The lowest BCUT2D eigenvalue weighted by Crippen LogP contribution is -2.46. The van der Waals surface area contributed by atoms with Gasteiger partial charge in [-0.1, -0.05) is 6.92 Å². The molecule has 0 saturated heterocycles. The topological polar surface area (TPSA) is 24.1 Å². The van der Waals surface area contributed by atoms with E-state index in [4.69, 9.17) is 0 Å². The van der Waals surface area contributed by atoms with E-state index < -0.39 is 0 Å². The Hall–Kier alpha value is -0.0800. The van der Waals surface area contributed by atoms with E-state index in [9.17, 15) is 0 Å².